The fourth-order valence-electron chi connectivity index (χ4n) is 1.39. The summed E-state index contributed by atoms with van der Waals surface area (Å²) in [6, 6.07) is 7.18. The van der Waals surface area contributed by atoms with E-state index in [-0.39, 0.29) is 23.3 Å². The average molecular weight is 407 g/mol. The van der Waals surface area contributed by atoms with Crippen molar-refractivity contribution in [3.05, 3.63) is 41.1 Å². The van der Waals surface area contributed by atoms with Crippen molar-refractivity contribution in [1.82, 2.24) is 9.97 Å². The third-order valence-corrected chi connectivity index (χ3v) is 3.06. The Bertz CT molecular complexity index is 537. The number of aromatic nitrogens is 2. The van der Waals surface area contributed by atoms with Gasteiger partial charge in [0.25, 0.3) is 0 Å². The van der Waals surface area contributed by atoms with Crippen molar-refractivity contribution in [2.45, 2.75) is 0 Å². The van der Waals surface area contributed by atoms with Crippen LogP contribution in [0.3, 0.4) is 0 Å². The van der Waals surface area contributed by atoms with Gasteiger partial charge in [-0.05, 0) is 40.2 Å². The van der Waals surface area contributed by atoms with Crippen LogP contribution in [0.2, 0.25) is 0 Å². The lowest BCUT2D eigenvalue weighted by Gasteiger charge is -2.12. The lowest BCUT2D eigenvalue weighted by atomic mass is 10.4. The van der Waals surface area contributed by atoms with E-state index >= 15 is 0 Å². The molecule has 0 saturated carbocycles. The Morgan fingerprint density at radius 2 is 1.30 bits per heavy atom. The Balaban J connectivity index is 0.000000409. The molecule has 2 aromatic heterocycles. The van der Waals surface area contributed by atoms with Crippen LogP contribution in [0.1, 0.15) is 0 Å². The fraction of sp³-hybridized carbons (Fsp3) is 0.286. The van der Waals surface area contributed by atoms with Crippen molar-refractivity contribution in [3.8, 4) is 0 Å². The van der Waals surface area contributed by atoms with Crippen LogP contribution in [-0.4, -0.2) is 48.6 Å². The maximum atomic E-state index is 8.59. The summed E-state index contributed by atoms with van der Waals surface area (Å²) in [5.74, 6) is 1.74. The Labute approximate surface area is 150 Å². The second-order valence-electron chi connectivity index (χ2n) is 4.79. The molecule has 9 heteroatoms. The summed E-state index contributed by atoms with van der Waals surface area (Å²) in [5, 5.41) is 17.2. The minimum Gasteiger partial charge on any atom is -0.363 e. The van der Waals surface area contributed by atoms with Crippen molar-refractivity contribution in [2.75, 3.05) is 43.2 Å². The van der Waals surface area contributed by atoms with Crippen LogP contribution in [-0.2, 0) is 0 Å². The van der Waals surface area contributed by atoms with Gasteiger partial charge in [-0.15, -0.1) is 17.6 Å². The third-order valence-electron chi connectivity index (χ3n) is 2.59. The van der Waals surface area contributed by atoms with Gasteiger partial charge in [-0.2, -0.15) is 0 Å². The average Bonchev–Trinajstić information content (AvgIpc) is 2.48. The van der Waals surface area contributed by atoms with E-state index in [1.165, 1.54) is 6.20 Å². The second kappa shape index (κ2) is 10.2. The Kier molecular flexibility index (Phi) is 9.50. The molecule has 2 N–H and O–H groups in total. The number of rotatable bonds is 3. The third kappa shape index (κ3) is 7.47. The molecule has 2 rings (SSSR count). The Morgan fingerprint density at radius 1 is 0.826 bits per heavy atom. The standard InChI is InChI=1S/C7H9BrN2.C7H11N3O2.ClH/c1-10(2)7-4-3-6(8)5-9-7;1-9(2)7-4-3-6(5-8-7)10(11)12;/h3-5H,1-2H3;3-5,11-12H,1-2H3;1H. The molecule has 0 spiro atoms. The number of pyridine rings is 2. The molecule has 2 heterocycles. The number of nitrogens with zero attached hydrogens (tertiary/aromatic N) is 5. The van der Waals surface area contributed by atoms with Gasteiger partial charge in [-0.1, -0.05) is 0 Å². The van der Waals surface area contributed by atoms with Crippen molar-refractivity contribution in [2.24, 2.45) is 0 Å². The van der Waals surface area contributed by atoms with E-state index < -0.39 is 0 Å². The predicted octanol–water partition coefficient (Wildman–Crippen LogP) is 3.06. The van der Waals surface area contributed by atoms with E-state index in [1.807, 2.05) is 50.1 Å². The number of anilines is 3. The van der Waals surface area contributed by atoms with Crippen LogP contribution in [0.4, 0.5) is 17.3 Å². The van der Waals surface area contributed by atoms with E-state index in [0.717, 1.165) is 16.1 Å². The molecule has 0 unspecified atom stereocenters. The summed E-state index contributed by atoms with van der Waals surface area (Å²) in [5.41, 5.74) is 0.237. The van der Waals surface area contributed by atoms with Crippen LogP contribution in [0.25, 0.3) is 0 Å². The minimum atomic E-state index is 0. The quantitative estimate of drug-likeness (QED) is 0.759. The summed E-state index contributed by atoms with van der Waals surface area (Å²) in [7, 11) is 7.65. The zero-order valence-corrected chi connectivity index (χ0v) is 15.8. The first kappa shape index (κ1) is 21.4. The van der Waals surface area contributed by atoms with Crippen LogP contribution >= 0.6 is 28.3 Å². The Morgan fingerprint density at radius 3 is 1.61 bits per heavy atom. The second-order valence-corrected chi connectivity index (χ2v) is 5.70. The van der Waals surface area contributed by atoms with E-state index in [9.17, 15) is 0 Å². The molecular formula is C14H21BrClN5O2. The summed E-state index contributed by atoms with van der Waals surface area (Å²) in [6.07, 6.45) is 3.16. The minimum absolute atomic E-state index is 0. The monoisotopic (exact) mass is 405 g/mol. The highest BCUT2D eigenvalue weighted by atomic mass is 79.9. The number of halogens is 2. The molecule has 0 atom stereocenters. The van der Waals surface area contributed by atoms with Gasteiger partial charge in [0.15, 0.2) is 0 Å². The molecule has 0 aliphatic carbocycles. The van der Waals surface area contributed by atoms with Crippen molar-refractivity contribution < 1.29 is 10.4 Å². The van der Waals surface area contributed by atoms with Crippen molar-refractivity contribution in [1.29, 1.82) is 0 Å². The van der Waals surface area contributed by atoms with Gasteiger partial charge in [0, 0.05) is 38.9 Å². The highest BCUT2D eigenvalue weighted by Gasteiger charge is 2.00. The zero-order valence-electron chi connectivity index (χ0n) is 13.4. The van der Waals surface area contributed by atoms with Gasteiger partial charge < -0.3 is 9.80 Å². The maximum absolute atomic E-state index is 8.59. The van der Waals surface area contributed by atoms with Gasteiger partial charge in [-0.25, -0.2) is 9.97 Å². The molecule has 0 fully saturated rings. The lowest BCUT2D eigenvalue weighted by Crippen LogP contribution is -2.13. The molecule has 0 aliphatic heterocycles. The summed E-state index contributed by atoms with van der Waals surface area (Å²) >= 11 is 3.31. The van der Waals surface area contributed by atoms with Gasteiger partial charge in [0.2, 0.25) is 0 Å². The topological polar surface area (TPSA) is 76.0 Å². The van der Waals surface area contributed by atoms with Crippen LogP contribution in [0.5, 0.6) is 0 Å². The first-order valence-corrected chi connectivity index (χ1v) is 7.20. The van der Waals surface area contributed by atoms with E-state index in [1.54, 1.807) is 18.3 Å². The predicted molar refractivity (Wildman–Crippen MR) is 98.1 cm³/mol. The van der Waals surface area contributed by atoms with Crippen LogP contribution in [0, 0.1) is 0 Å². The summed E-state index contributed by atoms with van der Waals surface area (Å²) < 4.78 is 1.01. The first-order valence-electron chi connectivity index (χ1n) is 6.41. The normalized spacial score (nSPS) is 9.17. The molecule has 2 aromatic rings. The molecule has 0 amide bonds. The van der Waals surface area contributed by atoms with Crippen LogP contribution < -0.4 is 15.0 Å². The van der Waals surface area contributed by atoms with Gasteiger partial charge in [-0.3, -0.25) is 10.4 Å². The molecule has 128 valence electrons. The molecular weight excluding hydrogens is 386 g/mol. The van der Waals surface area contributed by atoms with Gasteiger partial charge in [0.05, 0.1) is 6.20 Å². The van der Waals surface area contributed by atoms with Crippen molar-refractivity contribution in [3.63, 3.8) is 0 Å². The Hall–Kier alpha value is -1.61. The largest absolute Gasteiger partial charge is 0.363 e. The molecule has 0 bridgehead atoms. The lowest BCUT2D eigenvalue weighted by molar-refractivity contribution is 0.0290. The highest BCUT2D eigenvalue weighted by molar-refractivity contribution is 9.10. The molecule has 7 nitrogen and oxygen atoms in total. The first-order chi connectivity index (χ1) is 10.3. The molecule has 23 heavy (non-hydrogen) atoms. The summed E-state index contributed by atoms with van der Waals surface area (Å²) in [6.45, 7) is 0. The van der Waals surface area contributed by atoms with E-state index in [4.69, 9.17) is 10.4 Å². The summed E-state index contributed by atoms with van der Waals surface area (Å²) in [4.78, 5) is 11.9. The van der Waals surface area contributed by atoms with E-state index in [0.29, 0.717) is 0 Å². The highest BCUT2D eigenvalue weighted by Crippen LogP contribution is 2.13. The SMILES string of the molecule is CN(C)c1ccc(Br)cn1.CN(C)c1ccc(N(O)O)cn1.Cl. The molecule has 0 saturated heterocycles. The van der Waals surface area contributed by atoms with Crippen molar-refractivity contribution >= 4 is 45.7 Å². The smallest absolute Gasteiger partial charge is 0.128 e. The number of hydrogen-bond acceptors (Lipinski definition) is 7. The zero-order chi connectivity index (χ0) is 16.7. The molecule has 0 radical (unpaired) electrons. The van der Waals surface area contributed by atoms with E-state index in [2.05, 4.69) is 25.9 Å². The van der Waals surface area contributed by atoms with Crippen LogP contribution in [0.15, 0.2) is 41.1 Å². The molecule has 0 aromatic carbocycles. The van der Waals surface area contributed by atoms with Gasteiger partial charge >= 0.3 is 0 Å². The fourth-order valence-corrected chi connectivity index (χ4v) is 1.63. The maximum Gasteiger partial charge on any atom is 0.128 e. The molecule has 0 aliphatic rings. The van der Waals surface area contributed by atoms with Gasteiger partial charge in [0.1, 0.15) is 17.3 Å². The number of hydrogen-bond donors (Lipinski definition) is 2.